The Balaban J connectivity index is 1.49. The van der Waals surface area contributed by atoms with Crippen molar-refractivity contribution in [3.63, 3.8) is 0 Å². The van der Waals surface area contributed by atoms with E-state index in [2.05, 4.69) is 28.6 Å². The molecule has 6 rings (SSSR count). The number of rotatable bonds is 6. The van der Waals surface area contributed by atoms with Crippen LogP contribution in [0.25, 0.3) is 10.9 Å². The molecule has 0 aliphatic carbocycles. The zero-order valence-corrected chi connectivity index (χ0v) is 18.7. The normalized spacial score (nSPS) is 25.4. The molecule has 1 unspecified atom stereocenters. The third-order valence-electron chi connectivity index (χ3n) is 7.04. The summed E-state index contributed by atoms with van der Waals surface area (Å²) in [4.78, 5) is 20.1. The fourth-order valence-electron chi connectivity index (χ4n) is 5.39. The molecule has 1 aromatic heterocycles. The number of fused-ring (bicyclic) bond motifs is 4. The van der Waals surface area contributed by atoms with Gasteiger partial charge in [-0.1, -0.05) is 54.1 Å². The lowest BCUT2D eigenvalue weighted by Crippen LogP contribution is -2.55. The summed E-state index contributed by atoms with van der Waals surface area (Å²) >= 11 is 6.30. The minimum atomic E-state index is -0.355. The van der Waals surface area contributed by atoms with Gasteiger partial charge < -0.3 is 4.74 Å². The van der Waals surface area contributed by atoms with E-state index in [1.165, 1.54) is 6.42 Å². The first-order valence-electron chi connectivity index (χ1n) is 11.3. The quantitative estimate of drug-likeness (QED) is 0.364. The number of carbonyl (C=O) groups is 1. The van der Waals surface area contributed by atoms with E-state index in [0.29, 0.717) is 16.9 Å². The number of aromatic nitrogens is 1. The predicted octanol–water partition coefficient (Wildman–Crippen LogP) is 5.61. The lowest BCUT2D eigenvalue weighted by molar-refractivity contribution is -0.156. The first-order chi connectivity index (χ1) is 15.6. The van der Waals surface area contributed by atoms with Gasteiger partial charge in [-0.3, -0.25) is 14.7 Å². The highest BCUT2D eigenvalue weighted by atomic mass is 35.5. The molecule has 0 N–H and O–H groups in total. The van der Waals surface area contributed by atoms with Crippen molar-refractivity contribution < 1.29 is 9.53 Å². The Hall–Kier alpha value is -2.69. The summed E-state index contributed by atoms with van der Waals surface area (Å²) in [5, 5.41) is 1.62. The zero-order chi connectivity index (χ0) is 22.1. The second-order valence-corrected chi connectivity index (χ2v) is 9.25. The highest BCUT2D eigenvalue weighted by molar-refractivity contribution is 6.31. The molecule has 3 aliphatic heterocycles. The molecule has 3 fully saturated rings. The second kappa shape index (κ2) is 9.05. The number of carbonyl (C=O) groups excluding carboxylic acids is 1. The van der Waals surface area contributed by atoms with Gasteiger partial charge in [0, 0.05) is 28.7 Å². The van der Waals surface area contributed by atoms with Crippen LogP contribution in [-0.4, -0.2) is 35.0 Å². The topological polar surface area (TPSA) is 42.4 Å². The summed E-state index contributed by atoms with van der Waals surface area (Å²) in [5.41, 5.74) is 2.72. The summed E-state index contributed by atoms with van der Waals surface area (Å²) < 4.78 is 6.27. The largest absolute Gasteiger partial charge is 0.456 e. The van der Waals surface area contributed by atoms with E-state index in [1.54, 1.807) is 6.07 Å². The molecule has 0 spiro atoms. The number of esters is 1. The van der Waals surface area contributed by atoms with Crippen molar-refractivity contribution in [2.75, 3.05) is 13.1 Å². The van der Waals surface area contributed by atoms with Gasteiger partial charge in [0.2, 0.25) is 0 Å². The fraction of sp³-hybridized carbons (Fsp3) is 0.333. The maximum Gasteiger partial charge on any atom is 0.310 e. The molecule has 3 aromatic rings. The van der Waals surface area contributed by atoms with Gasteiger partial charge >= 0.3 is 5.97 Å². The molecule has 2 bridgehead atoms. The second-order valence-electron chi connectivity index (χ2n) is 8.84. The van der Waals surface area contributed by atoms with E-state index in [0.717, 1.165) is 41.5 Å². The van der Waals surface area contributed by atoms with Crippen LogP contribution in [0.15, 0.2) is 73.4 Å². The Labute approximate surface area is 193 Å². The van der Waals surface area contributed by atoms with Crippen LogP contribution in [0.2, 0.25) is 5.02 Å². The van der Waals surface area contributed by atoms with Crippen LogP contribution in [-0.2, 0) is 16.0 Å². The number of para-hydroxylation sites is 1. The minimum Gasteiger partial charge on any atom is -0.456 e. The molecule has 5 heteroatoms. The van der Waals surface area contributed by atoms with E-state index in [4.69, 9.17) is 16.3 Å². The van der Waals surface area contributed by atoms with Gasteiger partial charge in [-0.25, -0.2) is 0 Å². The zero-order valence-electron chi connectivity index (χ0n) is 18.0. The van der Waals surface area contributed by atoms with Crippen LogP contribution in [0.1, 0.15) is 30.1 Å². The molecule has 0 radical (unpaired) electrons. The first kappa shape index (κ1) is 21.2. The maximum atomic E-state index is 13.1. The Morgan fingerprint density at radius 1 is 1.22 bits per heavy atom. The van der Waals surface area contributed by atoms with Crippen LogP contribution in [0.3, 0.4) is 0 Å². The highest BCUT2D eigenvalue weighted by Gasteiger charge is 2.44. The van der Waals surface area contributed by atoms with Gasteiger partial charge in [0.25, 0.3) is 0 Å². The van der Waals surface area contributed by atoms with Crippen molar-refractivity contribution in [3.05, 3.63) is 89.6 Å². The number of hydrogen-bond donors (Lipinski definition) is 0. The molecule has 0 saturated carbocycles. The molecule has 4 nitrogen and oxygen atoms in total. The number of halogens is 1. The third-order valence-corrected chi connectivity index (χ3v) is 7.41. The molecule has 4 heterocycles. The monoisotopic (exact) mass is 446 g/mol. The van der Waals surface area contributed by atoms with Crippen LogP contribution >= 0.6 is 11.6 Å². The predicted molar refractivity (Wildman–Crippen MR) is 128 cm³/mol. The SMILES string of the molecule is C=C[C@H]1CN2CC[C@@H]1C[C@@H]2[C@@H](OC(=O)Cc1ccccc1Cl)c1ccnc2ccccc12. The minimum absolute atomic E-state index is 0.144. The Morgan fingerprint density at radius 2 is 2.03 bits per heavy atom. The van der Waals surface area contributed by atoms with Crippen LogP contribution in [0, 0.1) is 11.8 Å². The number of pyridine rings is 1. The maximum absolute atomic E-state index is 13.1. The van der Waals surface area contributed by atoms with Gasteiger partial charge in [-0.05, 0) is 55.0 Å². The summed E-state index contributed by atoms with van der Waals surface area (Å²) in [6.07, 6.45) is 5.88. The lowest BCUT2D eigenvalue weighted by atomic mass is 9.73. The van der Waals surface area contributed by atoms with Crippen molar-refractivity contribution in [1.29, 1.82) is 0 Å². The Morgan fingerprint density at radius 3 is 2.81 bits per heavy atom. The van der Waals surface area contributed by atoms with E-state index >= 15 is 0 Å². The fourth-order valence-corrected chi connectivity index (χ4v) is 5.59. The lowest BCUT2D eigenvalue weighted by Gasteiger charge is -2.51. The van der Waals surface area contributed by atoms with E-state index in [1.807, 2.05) is 48.7 Å². The van der Waals surface area contributed by atoms with E-state index in [-0.39, 0.29) is 24.5 Å². The number of benzene rings is 2. The van der Waals surface area contributed by atoms with E-state index < -0.39 is 0 Å². The van der Waals surface area contributed by atoms with Crippen molar-refractivity contribution in [1.82, 2.24) is 9.88 Å². The van der Waals surface area contributed by atoms with E-state index in [9.17, 15) is 4.79 Å². The molecule has 0 amide bonds. The van der Waals surface area contributed by atoms with Gasteiger partial charge in [-0.2, -0.15) is 0 Å². The highest BCUT2D eigenvalue weighted by Crippen LogP contribution is 2.43. The Kier molecular flexibility index (Phi) is 5.99. The van der Waals surface area contributed by atoms with Crippen molar-refractivity contribution in [2.45, 2.75) is 31.4 Å². The van der Waals surface area contributed by atoms with Gasteiger partial charge in [0.05, 0.1) is 18.0 Å². The van der Waals surface area contributed by atoms with Crippen LogP contribution in [0.5, 0.6) is 0 Å². The molecule has 3 saturated heterocycles. The molecule has 3 aliphatic rings. The summed E-state index contributed by atoms with van der Waals surface area (Å²) in [6.45, 7) is 6.04. The number of piperidine rings is 3. The van der Waals surface area contributed by atoms with Crippen molar-refractivity contribution in [2.24, 2.45) is 11.8 Å². The summed E-state index contributed by atoms with van der Waals surface area (Å²) in [7, 11) is 0. The molecular weight excluding hydrogens is 420 g/mol. The van der Waals surface area contributed by atoms with Gasteiger partial charge in [-0.15, -0.1) is 6.58 Å². The molecule has 32 heavy (non-hydrogen) atoms. The molecular formula is C27H27ClN2O2. The van der Waals surface area contributed by atoms with Gasteiger partial charge in [0.1, 0.15) is 6.10 Å². The average Bonchev–Trinajstić information content (AvgIpc) is 2.84. The summed E-state index contributed by atoms with van der Waals surface area (Å²) in [6, 6.07) is 17.7. The van der Waals surface area contributed by atoms with Crippen molar-refractivity contribution >= 4 is 28.5 Å². The molecule has 2 aromatic carbocycles. The average molecular weight is 447 g/mol. The number of hydrogen-bond acceptors (Lipinski definition) is 4. The molecule has 164 valence electrons. The molecule has 5 atom stereocenters. The van der Waals surface area contributed by atoms with Crippen LogP contribution < -0.4 is 0 Å². The standard InChI is InChI=1S/C27H27ClN2O2/c1-2-18-17-30-14-12-19(18)15-25(30)27(22-11-13-29-24-10-6-4-8-21(22)24)32-26(31)16-20-7-3-5-9-23(20)28/h2-11,13,18-19,25,27H,1,12,14-17H2/t18-,19+,25+,27-/m0/s1. The summed E-state index contributed by atoms with van der Waals surface area (Å²) in [5.74, 6) is 0.834. The number of ether oxygens (including phenoxy) is 1. The smallest absolute Gasteiger partial charge is 0.310 e. The first-order valence-corrected chi connectivity index (χ1v) is 11.6. The number of nitrogens with zero attached hydrogens (tertiary/aromatic N) is 2. The Bertz CT molecular complexity index is 1140. The van der Waals surface area contributed by atoms with Crippen molar-refractivity contribution in [3.8, 4) is 0 Å². The third kappa shape index (κ3) is 4.05. The van der Waals surface area contributed by atoms with Crippen LogP contribution in [0.4, 0.5) is 0 Å². The van der Waals surface area contributed by atoms with Gasteiger partial charge in [0.15, 0.2) is 0 Å².